The molecule has 0 atom stereocenters. The van der Waals surface area contributed by atoms with E-state index in [2.05, 4.69) is 0 Å². The number of halogens is 1. The predicted octanol–water partition coefficient (Wildman–Crippen LogP) is 1.50. The second-order valence-corrected chi connectivity index (χ2v) is 4.73. The Bertz CT molecular complexity index is 404. The van der Waals surface area contributed by atoms with Gasteiger partial charge in [0.2, 0.25) is 0 Å². The lowest BCUT2D eigenvalue weighted by molar-refractivity contribution is 0.317. The van der Waals surface area contributed by atoms with Gasteiger partial charge < -0.3 is 0 Å². The lowest BCUT2D eigenvalue weighted by Crippen LogP contribution is -2.25. The molecule has 0 aliphatic rings. The van der Waals surface area contributed by atoms with Crippen LogP contribution in [-0.2, 0) is 10.0 Å². The van der Waals surface area contributed by atoms with Crippen LogP contribution in [-0.4, -0.2) is 19.9 Å². The van der Waals surface area contributed by atoms with E-state index in [4.69, 9.17) is 16.8 Å². The van der Waals surface area contributed by atoms with Gasteiger partial charge in [-0.1, -0.05) is 17.7 Å². The molecule has 13 heavy (non-hydrogen) atoms. The summed E-state index contributed by atoms with van der Waals surface area (Å²) in [6, 6.07) is 5.92. The number of rotatable bonds is 2. The third-order valence-corrected chi connectivity index (χ3v) is 2.42. The summed E-state index contributed by atoms with van der Waals surface area (Å²) in [6.07, 6.45) is 0.897. The fraction of sp³-hybridized carbons (Fsp3) is 0.143. The first-order chi connectivity index (χ1) is 5.91. The predicted molar refractivity (Wildman–Crippen MR) is 50.6 cm³/mol. The Labute approximate surface area is 81.4 Å². The maximum Gasteiger partial charge on any atom is 0.254 e. The molecule has 0 radical (unpaired) electrons. The molecule has 0 spiro atoms. The molecule has 0 heterocycles. The van der Waals surface area contributed by atoms with E-state index in [0.29, 0.717) is 5.02 Å². The van der Waals surface area contributed by atoms with Crippen molar-refractivity contribution in [1.29, 1.82) is 0 Å². The zero-order valence-electron chi connectivity index (χ0n) is 6.81. The number of benzene rings is 1. The Morgan fingerprint density at radius 2 is 2.08 bits per heavy atom. The Hall–Kier alpha value is -0.780. The zero-order valence-corrected chi connectivity index (χ0v) is 8.38. The van der Waals surface area contributed by atoms with Crippen LogP contribution in [0, 0.1) is 0 Å². The summed E-state index contributed by atoms with van der Waals surface area (Å²) < 4.78 is 21.9. The Morgan fingerprint density at radius 3 is 2.54 bits per heavy atom. The minimum absolute atomic E-state index is 0.120. The van der Waals surface area contributed by atoms with Crippen molar-refractivity contribution >= 4 is 27.3 Å². The number of anilines is 1. The molecule has 0 amide bonds. The van der Waals surface area contributed by atoms with Gasteiger partial charge in [-0.3, -0.25) is 5.21 Å². The van der Waals surface area contributed by atoms with E-state index >= 15 is 0 Å². The highest BCUT2D eigenvalue weighted by Gasteiger charge is 2.13. The molecular weight excluding hydrogens is 214 g/mol. The van der Waals surface area contributed by atoms with Crippen LogP contribution >= 0.6 is 11.6 Å². The van der Waals surface area contributed by atoms with E-state index in [1.54, 1.807) is 12.1 Å². The third kappa shape index (κ3) is 2.58. The van der Waals surface area contributed by atoms with Crippen molar-refractivity contribution in [3.63, 3.8) is 0 Å². The highest BCUT2D eigenvalue weighted by molar-refractivity contribution is 7.91. The van der Waals surface area contributed by atoms with Crippen LogP contribution in [0.5, 0.6) is 0 Å². The van der Waals surface area contributed by atoms with Gasteiger partial charge in [-0.05, 0) is 18.2 Å². The molecule has 1 N–H and O–H groups in total. The zero-order chi connectivity index (χ0) is 10.1. The maximum absolute atomic E-state index is 10.9. The first-order valence-electron chi connectivity index (χ1n) is 3.36. The largest absolute Gasteiger partial charge is 0.274 e. The van der Waals surface area contributed by atoms with Crippen LogP contribution in [0.1, 0.15) is 0 Å². The number of nitrogens with zero attached hydrogens (tertiary/aromatic N) is 1. The summed E-state index contributed by atoms with van der Waals surface area (Å²) in [7, 11) is -3.64. The summed E-state index contributed by atoms with van der Waals surface area (Å²) >= 11 is 5.61. The van der Waals surface area contributed by atoms with Crippen molar-refractivity contribution in [2.45, 2.75) is 0 Å². The molecule has 0 saturated carbocycles. The van der Waals surface area contributed by atoms with Gasteiger partial charge in [0.15, 0.2) is 0 Å². The minimum atomic E-state index is -3.64. The van der Waals surface area contributed by atoms with Crippen molar-refractivity contribution in [2.75, 3.05) is 10.7 Å². The highest BCUT2D eigenvalue weighted by Crippen LogP contribution is 2.19. The highest BCUT2D eigenvalue weighted by atomic mass is 35.5. The molecule has 0 saturated heterocycles. The van der Waals surface area contributed by atoms with Crippen LogP contribution in [0.2, 0.25) is 5.02 Å². The smallest absolute Gasteiger partial charge is 0.254 e. The summed E-state index contributed by atoms with van der Waals surface area (Å²) in [5.41, 5.74) is 0.120. The Kier molecular flexibility index (Phi) is 2.80. The van der Waals surface area contributed by atoms with Crippen molar-refractivity contribution in [1.82, 2.24) is 0 Å². The van der Waals surface area contributed by atoms with Crippen LogP contribution in [0.3, 0.4) is 0 Å². The van der Waals surface area contributed by atoms with Crippen molar-refractivity contribution in [2.24, 2.45) is 0 Å². The monoisotopic (exact) mass is 221 g/mol. The van der Waals surface area contributed by atoms with Crippen LogP contribution in [0.25, 0.3) is 0 Å². The van der Waals surface area contributed by atoms with Gasteiger partial charge in [-0.2, -0.15) is 0 Å². The molecule has 0 aromatic heterocycles. The average molecular weight is 222 g/mol. The van der Waals surface area contributed by atoms with Crippen LogP contribution in [0.4, 0.5) is 5.69 Å². The van der Waals surface area contributed by atoms with E-state index in [0.717, 1.165) is 6.26 Å². The van der Waals surface area contributed by atoms with E-state index in [1.165, 1.54) is 12.1 Å². The van der Waals surface area contributed by atoms with Crippen LogP contribution in [0.15, 0.2) is 24.3 Å². The van der Waals surface area contributed by atoms with Gasteiger partial charge >= 0.3 is 0 Å². The fourth-order valence-electron chi connectivity index (χ4n) is 0.787. The molecule has 1 aromatic rings. The third-order valence-electron chi connectivity index (χ3n) is 1.34. The Morgan fingerprint density at radius 1 is 1.46 bits per heavy atom. The first-order valence-corrected chi connectivity index (χ1v) is 5.58. The quantitative estimate of drug-likeness (QED) is 0.770. The second kappa shape index (κ2) is 3.53. The van der Waals surface area contributed by atoms with Gasteiger partial charge in [0.25, 0.3) is 10.0 Å². The molecule has 1 rings (SSSR count). The number of hydrogen-bond acceptors (Lipinski definition) is 3. The lowest BCUT2D eigenvalue weighted by Gasteiger charge is -2.13. The first kappa shape index (κ1) is 10.3. The fourth-order valence-corrected chi connectivity index (χ4v) is 1.47. The molecular formula is C7H8ClNO3S. The molecule has 0 bridgehead atoms. The van der Waals surface area contributed by atoms with Gasteiger partial charge in [-0.15, -0.1) is 4.47 Å². The van der Waals surface area contributed by atoms with Gasteiger partial charge in [0.1, 0.15) is 0 Å². The maximum atomic E-state index is 10.9. The van der Waals surface area contributed by atoms with E-state index in [9.17, 15) is 8.42 Å². The molecule has 0 unspecified atom stereocenters. The summed E-state index contributed by atoms with van der Waals surface area (Å²) in [5.74, 6) is 0. The van der Waals surface area contributed by atoms with Gasteiger partial charge in [-0.25, -0.2) is 8.42 Å². The van der Waals surface area contributed by atoms with Gasteiger partial charge in [0, 0.05) is 5.02 Å². The average Bonchev–Trinajstić information content (AvgIpc) is 2.01. The molecule has 0 aliphatic heterocycles. The van der Waals surface area contributed by atoms with Crippen molar-refractivity contribution in [3.05, 3.63) is 29.3 Å². The van der Waals surface area contributed by atoms with Crippen LogP contribution < -0.4 is 4.47 Å². The number of hydrogen-bond donors (Lipinski definition) is 1. The molecule has 0 fully saturated rings. The number of sulfonamides is 1. The second-order valence-electron chi connectivity index (χ2n) is 2.49. The van der Waals surface area contributed by atoms with Crippen molar-refractivity contribution < 1.29 is 13.6 Å². The lowest BCUT2D eigenvalue weighted by atomic mass is 10.3. The molecule has 72 valence electrons. The molecule has 1 aromatic carbocycles. The summed E-state index contributed by atoms with van der Waals surface area (Å²) in [5, 5.41) is 9.53. The topological polar surface area (TPSA) is 57.6 Å². The molecule has 4 nitrogen and oxygen atoms in total. The molecule has 6 heteroatoms. The minimum Gasteiger partial charge on any atom is -0.274 e. The summed E-state index contributed by atoms with van der Waals surface area (Å²) in [4.78, 5) is 0. The standard InChI is InChI=1S/C7H8ClNO3S/c1-13(11,12)9(10)7-4-2-3-6(8)5-7/h2-5,10H,1H3. The molecule has 0 aliphatic carbocycles. The normalized spacial score (nSPS) is 11.3. The van der Waals surface area contributed by atoms with E-state index in [-0.39, 0.29) is 10.2 Å². The van der Waals surface area contributed by atoms with E-state index in [1.807, 2.05) is 0 Å². The summed E-state index contributed by atoms with van der Waals surface area (Å²) in [6.45, 7) is 0. The van der Waals surface area contributed by atoms with Crippen molar-refractivity contribution in [3.8, 4) is 0 Å². The van der Waals surface area contributed by atoms with Gasteiger partial charge in [0.05, 0.1) is 11.9 Å². The SMILES string of the molecule is CS(=O)(=O)N(O)c1cccc(Cl)c1. The van der Waals surface area contributed by atoms with E-state index < -0.39 is 10.0 Å². The Balaban J connectivity index is 3.10.